The molecule has 4 rings (SSSR count). The van der Waals surface area contributed by atoms with Crippen LogP contribution in [0.25, 0.3) is 0 Å². The summed E-state index contributed by atoms with van der Waals surface area (Å²) in [7, 11) is 0. The number of nitrogens with two attached hydrogens (primary N) is 1. The second kappa shape index (κ2) is 7.11. The third-order valence-corrected chi connectivity index (χ3v) is 9.81. The van der Waals surface area contributed by atoms with Crippen LogP contribution in [0.2, 0.25) is 0 Å². The number of aliphatic hydroxyl groups is 1. The molecular formula is C23H40N2O2. The fourth-order valence-electron chi connectivity index (χ4n) is 8.42. The van der Waals surface area contributed by atoms with Crippen LogP contribution in [0.4, 0.5) is 0 Å². The van der Waals surface area contributed by atoms with E-state index in [4.69, 9.17) is 5.73 Å². The monoisotopic (exact) mass is 376 g/mol. The zero-order valence-electron chi connectivity index (χ0n) is 17.5. The van der Waals surface area contributed by atoms with Crippen molar-refractivity contribution in [2.24, 2.45) is 46.2 Å². The second-order valence-electron chi connectivity index (χ2n) is 10.8. The summed E-state index contributed by atoms with van der Waals surface area (Å²) in [6.07, 6.45) is 10.7. The fourth-order valence-corrected chi connectivity index (χ4v) is 8.42. The molecule has 1 unspecified atom stereocenters. The first kappa shape index (κ1) is 19.8. The Labute approximate surface area is 165 Å². The average molecular weight is 377 g/mol. The maximum Gasteiger partial charge on any atom is 0.133 e. The van der Waals surface area contributed by atoms with Gasteiger partial charge >= 0.3 is 0 Å². The average Bonchev–Trinajstić information content (AvgIpc) is 2.99. The SMILES string of the molecule is CC(=O)[C@H]1CC[C@H]2[C@@H]3CC[C@H]4C[C@H](NC(O)CN)CC[C@]4(C)[C@H]3CC[C@]12C. The molecule has 0 spiro atoms. The molecule has 4 saturated carbocycles. The van der Waals surface area contributed by atoms with Crippen molar-refractivity contribution < 1.29 is 9.90 Å². The highest BCUT2D eigenvalue weighted by molar-refractivity contribution is 5.79. The summed E-state index contributed by atoms with van der Waals surface area (Å²) in [5.74, 6) is 3.94. The van der Waals surface area contributed by atoms with Gasteiger partial charge in [0.25, 0.3) is 0 Å². The largest absolute Gasteiger partial charge is 0.377 e. The van der Waals surface area contributed by atoms with Crippen LogP contribution in [0.1, 0.15) is 78.6 Å². The quantitative estimate of drug-likeness (QED) is 0.657. The number of carbonyl (C=O) groups excluding carboxylic acids is 1. The molecule has 4 aliphatic carbocycles. The van der Waals surface area contributed by atoms with Crippen molar-refractivity contribution in [3.63, 3.8) is 0 Å². The lowest BCUT2D eigenvalue weighted by Gasteiger charge is -2.61. The Hall–Kier alpha value is -0.450. The smallest absolute Gasteiger partial charge is 0.133 e. The first-order valence-electron chi connectivity index (χ1n) is 11.4. The highest BCUT2D eigenvalue weighted by atomic mass is 16.3. The Morgan fingerprint density at radius 3 is 2.48 bits per heavy atom. The van der Waals surface area contributed by atoms with E-state index in [1.807, 2.05) is 6.92 Å². The lowest BCUT2D eigenvalue weighted by molar-refractivity contribution is -0.134. The van der Waals surface area contributed by atoms with Gasteiger partial charge in [-0.05, 0) is 99.2 Å². The molecule has 0 aromatic heterocycles. The minimum Gasteiger partial charge on any atom is -0.377 e. The lowest BCUT2D eigenvalue weighted by atomic mass is 9.44. The van der Waals surface area contributed by atoms with Crippen LogP contribution in [0.3, 0.4) is 0 Å². The molecule has 0 aromatic carbocycles. The van der Waals surface area contributed by atoms with Crippen molar-refractivity contribution in [1.82, 2.24) is 5.32 Å². The van der Waals surface area contributed by atoms with Crippen molar-refractivity contribution in [1.29, 1.82) is 0 Å². The van der Waals surface area contributed by atoms with Gasteiger partial charge in [-0.25, -0.2) is 0 Å². The van der Waals surface area contributed by atoms with E-state index >= 15 is 0 Å². The van der Waals surface area contributed by atoms with Gasteiger partial charge in [-0.1, -0.05) is 13.8 Å². The molecule has 4 aliphatic rings. The Bertz CT molecular complexity index is 581. The van der Waals surface area contributed by atoms with Crippen molar-refractivity contribution in [3.8, 4) is 0 Å². The number of fused-ring (bicyclic) bond motifs is 5. The summed E-state index contributed by atoms with van der Waals surface area (Å²) in [6.45, 7) is 7.13. The van der Waals surface area contributed by atoms with Gasteiger partial charge in [0.15, 0.2) is 0 Å². The van der Waals surface area contributed by atoms with Crippen molar-refractivity contribution in [3.05, 3.63) is 0 Å². The lowest BCUT2D eigenvalue weighted by Crippen LogP contribution is -2.56. The number of nitrogens with one attached hydrogen (secondary N) is 1. The molecule has 0 aliphatic heterocycles. The molecule has 0 aromatic rings. The van der Waals surface area contributed by atoms with Gasteiger partial charge < -0.3 is 10.8 Å². The van der Waals surface area contributed by atoms with E-state index in [1.54, 1.807) is 0 Å². The normalized spacial score (nSPS) is 50.4. The van der Waals surface area contributed by atoms with Gasteiger partial charge in [0.05, 0.1) is 0 Å². The van der Waals surface area contributed by atoms with Crippen LogP contribution in [-0.4, -0.2) is 29.7 Å². The highest BCUT2D eigenvalue weighted by Crippen LogP contribution is 2.67. The van der Waals surface area contributed by atoms with E-state index < -0.39 is 6.23 Å². The van der Waals surface area contributed by atoms with Crippen LogP contribution in [-0.2, 0) is 4.79 Å². The Kier molecular flexibility index (Phi) is 5.22. The predicted octanol–water partition coefficient (Wildman–Crippen LogP) is 3.47. The minimum atomic E-state index is -0.562. The van der Waals surface area contributed by atoms with Gasteiger partial charge in [-0.3, -0.25) is 10.1 Å². The van der Waals surface area contributed by atoms with E-state index in [1.165, 1.54) is 44.9 Å². The molecule has 4 heteroatoms. The molecule has 4 fully saturated rings. The molecule has 27 heavy (non-hydrogen) atoms. The van der Waals surface area contributed by atoms with Gasteiger partial charge in [-0.15, -0.1) is 0 Å². The molecule has 0 radical (unpaired) electrons. The third-order valence-electron chi connectivity index (χ3n) is 9.81. The number of ketones is 1. The summed E-state index contributed by atoms with van der Waals surface area (Å²) in [6, 6.07) is 0.417. The first-order valence-corrected chi connectivity index (χ1v) is 11.4. The van der Waals surface area contributed by atoms with Crippen LogP contribution < -0.4 is 11.1 Å². The molecule has 0 bridgehead atoms. The Morgan fingerprint density at radius 2 is 1.78 bits per heavy atom. The third kappa shape index (κ3) is 3.11. The molecule has 9 atom stereocenters. The van der Waals surface area contributed by atoms with Crippen molar-refractivity contribution in [2.75, 3.05) is 6.54 Å². The molecule has 0 saturated heterocycles. The van der Waals surface area contributed by atoms with Gasteiger partial charge in [0.1, 0.15) is 12.0 Å². The fraction of sp³-hybridized carbons (Fsp3) is 0.957. The van der Waals surface area contributed by atoms with Crippen molar-refractivity contribution >= 4 is 5.78 Å². The molecule has 0 amide bonds. The molecule has 4 N–H and O–H groups in total. The number of rotatable bonds is 4. The van der Waals surface area contributed by atoms with Crippen LogP contribution in [0, 0.1) is 40.4 Å². The van der Waals surface area contributed by atoms with E-state index in [2.05, 4.69) is 19.2 Å². The second-order valence-corrected chi connectivity index (χ2v) is 10.8. The Balaban J connectivity index is 1.50. The van der Waals surface area contributed by atoms with E-state index in [-0.39, 0.29) is 5.41 Å². The summed E-state index contributed by atoms with van der Waals surface area (Å²) >= 11 is 0. The van der Waals surface area contributed by atoms with Crippen LogP contribution in [0.5, 0.6) is 0 Å². The van der Waals surface area contributed by atoms with Crippen LogP contribution in [0.15, 0.2) is 0 Å². The predicted molar refractivity (Wildman–Crippen MR) is 108 cm³/mol. The molecule has 154 valence electrons. The molecule has 4 nitrogen and oxygen atoms in total. The summed E-state index contributed by atoms with van der Waals surface area (Å²) < 4.78 is 0. The maximum absolute atomic E-state index is 12.3. The van der Waals surface area contributed by atoms with Crippen LogP contribution >= 0.6 is 0 Å². The minimum absolute atomic E-state index is 0.264. The summed E-state index contributed by atoms with van der Waals surface area (Å²) in [5.41, 5.74) is 6.31. The molecular weight excluding hydrogens is 336 g/mol. The number of carbonyl (C=O) groups is 1. The topological polar surface area (TPSA) is 75.3 Å². The summed E-state index contributed by atoms with van der Waals surface area (Å²) in [5, 5.41) is 13.2. The standard InChI is InChI=1S/C23H40N2O2/c1-14(26)18-6-7-19-17-5-4-15-12-16(25-21(27)13-24)8-10-22(15,2)20(17)9-11-23(18,19)3/h15-21,25,27H,4-13,24H2,1-3H3/t15-,16+,17-,18+,19-,20-,21?,22-,23+/m0/s1. The van der Waals surface area contributed by atoms with Gasteiger partial charge in [0, 0.05) is 18.5 Å². The zero-order valence-corrected chi connectivity index (χ0v) is 17.5. The van der Waals surface area contributed by atoms with Gasteiger partial charge in [0.2, 0.25) is 0 Å². The number of Topliss-reactive ketones (excluding diaryl/α,β-unsaturated/α-hetero) is 1. The number of aliphatic hydroxyl groups excluding tert-OH is 1. The summed E-state index contributed by atoms with van der Waals surface area (Å²) in [4.78, 5) is 12.3. The first-order chi connectivity index (χ1) is 12.8. The Morgan fingerprint density at radius 1 is 1.07 bits per heavy atom. The van der Waals surface area contributed by atoms with Crippen molar-refractivity contribution in [2.45, 2.75) is 90.8 Å². The van der Waals surface area contributed by atoms with Gasteiger partial charge in [-0.2, -0.15) is 0 Å². The highest BCUT2D eigenvalue weighted by Gasteiger charge is 2.60. The number of hydrogen-bond acceptors (Lipinski definition) is 4. The van der Waals surface area contributed by atoms with E-state index in [9.17, 15) is 9.90 Å². The maximum atomic E-state index is 12.3. The van der Waals surface area contributed by atoms with E-state index in [0.29, 0.717) is 29.7 Å². The number of hydrogen-bond donors (Lipinski definition) is 3. The van der Waals surface area contributed by atoms with E-state index in [0.717, 1.165) is 36.5 Å². The zero-order chi connectivity index (χ0) is 19.4. The molecule has 0 heterocycles.